The van der Waals surface area contributed by atoms with Gasteiger partial charge in [-0.05, 0) is 24.7 Å². The lowest BCUT2D eigenvalue weighted by Gasteiger charge is -2.18. The van der Waals surface area contributed by atoms with Gasteiger partial charge in [0.25, 0.3) is 0 Å². The minimum atomic E-state index is -0.867. The largest absolute Gasteiger partial charge is 0.481 e. The zero-order valence-corrected chi connectivity index (χ0v) is 11.5. The molecule has 0 aliphatic heterocycles. The van der Waals surface area contributed by atoms with E-state index in [1.807, 2.05) is 6.92 Å². The van der Waals surface area contributed by atoms with Gasteiger partial charge in [0.15, 0.2) is 0 Å². The van der Waals surface area contributed by atoms with Crippen LogP contribution in [0.5, 0.6) is 0 Å². The maximum absolute atomic E-state index is 11.8. The third-order valence-corrected chi connectivity index (χ3v) is 2.80. The van der Waals surface area contributed by atoms with Crippen molar-refractivity contribution in [3.63, 3.8) is 0 Å². The summed E-state index contributed by atoms with van der Waals surface area (Å²) in [5, 5.41) is 11.9. The van der Waals surface area contributed by atoms with Crippen molar-refractivity contribution < 1.29 is 14.7 Å². The molecular formula is C13H17ClN2O3. The van der Waals surface area contributed by atoms with Crippen molar-refractivity contribution in [1.82, 2.24) is 4.90 Å². The summed E-state index contributed by atoms with van der Waals surface area (Å²) in [5.41, 5.74) is 0.631. The second kappa shape index (κ2) is 7.76. The molecule has 0 bridgehead atoms. The summed E-state index contributed by atoms with van der Waals surface area (Å²) < 4.78 is 0. The van der Waals surface area contributed by atoms with Crippen molar-refractivity contribution in [1.29, 1.82) is 0 Å². The fourth-order valence-electron chi connectivity index (χ4n) is 1.57. The number of aliphatic carboxylic acids is 1. The molecule has 104 valence electrons. The van der Waals surface area contributed by atoms with Gasteiger partial charge in [-0.3, -0.25) is 14.5 Å². The van der Waals surface area contributed by atoms with E-state index in [2.05, 4.69) is 5.32 Å². The summed E-state index contributed by atoms with van der Waals surface area (Å²) in [5.74, 6) is -1.05. The van der Waals surface area contributed by atoms with E-state index in [9.17, 15) is 9.59 Å². The molecule has 0 atom stereocenters. The van der Waals surface area contributed by atoms with Gasteiger partial charge in [-0.15, -0.1) is 0 Å². The Morgan fingerprint density at radius 2 is 2.16 bits per heavy atom. The number of rotatable bonds is 7. The maximum atomic E-state index is 11.8. The molecule has 19 heavy (non-hydrogen) atoms. The number of amides is 1. The first-order valence-corrected chi connectivity index (χ1v) is 6.38. The molecule has 1 amide bonds. The van der Waals surface area contributed by atoms with Crippen LogP contribution in [0.4, 0.5) is 5.69 Å². The minimum absolute atomic E-state index is 0.0261. The molecular weight excluding hydrogens is 268 g/mol. The lowest BCUT2D eigenvalue weighted by Crippen LogP contribution is -2.34. The van der Waals surface area contributed by atoms with E-state index in [0.717, 1.165) is 0 Å². The van der Waals surface area contributed by atoms with E-state index in [0.29, 0.717) is 23.8 Å². The number of benzene rings is 1. The van der Waals surface area contributed by atoms with Crippen molar-refractivity contribution in [3.8, 4) is 0 Å². The minimum Gasteiger partial charge on any atom is -0.481 e. The topological polar surface area (TPSA) is 69.6 Å². The molecule has 6 heteroatoms. The Morgan fingerprint density at radius 1 is 1.42 bits per heavy atom. The van der Waals surface area contributed by atoms with Gasteiger partial charge in [0.05, 0.1) is 13.0 Å². The molecule has 0 unspecified atom stereocenters. The zero-order valence-electron chi connectivity index (χ0n) is 10.7. The molecule has 1 rings (SSSR count). The molecule has 2 N–H and O–H groups in total. The number of anilines is 1. The maximum Gasteiger partial charge on any atom is 0.304 e. The summed E-state index contributed by atoms with van der Waals surface area (Å²) in [4.78, 5) is 24.1. The Bertz CT molecular complexity index is 451. The Kier molecular flexibility index (Phi) is 6.32. The van der Waals surface area contributed by atoms with Crippen LogP contribution in [0.3, 0.4) is 0 Å². The first kappa shape index (κ1) is 15.5. The lowest BCUT2D eigenvalue weighted by molar-refractivity contribution is -0.137. The van der Waals surface area contributed by atoms with Crippen LogP contribution >= 0.6 is 11.6 Å². The third-order valence-electron chi connectivity index (χ3n) is 2.56. The van der Waals surface area contributed by atoms with Crippen molar-refractivity contribution in [2.75, 3.05) is 25.0 Å². The first-order valence-electron chi connectivity index (χ1n) is 6.01. The Labute approximate surface area is 117 Å². The highest BCUT2D eigenvalue weighted by molar-refractivity contribution is 6.30. The molecule has 0 spiro atoms. The van der Waals surface area contributed by atoms with Gasteiger partial charge in [0.1, 0.15) is 0 Å². The summed E-state index contributed by atoms with van der Waals surface area (Å²) in [7, 11) is 0. The van der Waals surface area contributed by atoms with Gasteiger partial charge in [-0.25, -0.2) is 0 Å². The number of carbonyl (C=O) groups excluding carboxylic acids is 1. The first-order chi connectivity index (χ1) is 9.01. The molecule has 1 aromatic rings. The smallest absolute Gasteiger partial charge is 0.304 e. The van der Waals surface area contributed by atoms with Crippen LogP contribution in [0.15, 0.2) is 24.3 Å². The van der Waals surface area contributed by atoms with Crippen molar-refractivity contribution in [3.05, 3.63) is 29.3 Å². The highest BCUT2D eigenvalue weighted by Crippen LogP contribution is 2.14. The molecule has 1 aromatic carbocycles. The van der Waals surface area contributed by atoms with Crippen molar-refractivity contribution in [2.45, 2.75) is 13.3 Å². The van der Waals surface area contributed by atoms with E-state index in [1.54, 1.807) is 29.2 Å². The van der Waals surface area contributed by atoms with Crippen LogP contribution in [-0.4, -0.2) is 41.5 Å². The van der Waals surface area contributed by atoms with Crippen LogP contribution in [0.25, 0.3) is 0 Å². The summed E-state index contributed by atoms with van der Waals surface area (Å²) >= 11 is 5.82. The monoisotopic (exact) mass is 284 g/mol. The molecule has 0 aliphatic carbocycles. The molecule has 0 aromatic heterocycles. The number of likely N-dealkylation sites (N-methyl/N-ethyl adjacent to an activating group) is 1. The average Bonchev–Trinajstić information content (AvgIpc) is 2.34. The van der Waals surface area contributed by atoms with Crippen LogP contribution in [0, 0.1) is 0 Å². The van der Waals surface area contributed by atoms with Crippen LogP contribution in [-0.2, 0) is 9.59 Å². The predicted molar refractivity (Wildman–Crippen MR) is 74.4 cm³/mol. The zero-order chi connectivity index (χ0) is 14.3. The van der Waals surface area contributed by atoms with Gasteiger partial charge in [-0.1, -0.05) is 24.6 Å². The van der Waals surface area contributed by atoms with Gasteiger partial charge >= 0.3 is 5.97 Å². The fraction of sp³-hybridized carbons (Fsp3) is 0.385. The third kappa shape index (κ3) is 6.22. The Hall–Kier alpha value is -1.59. The predicted octanol–water partition coefficient (Wildman–Crippen LogP) is 2.08. The molecule has 0 fully saturated rings. The standard InChI is InChI=1S/C13H17ClN2O3/c1-2-16(7-6-13(18)19)9-12(17)15-11-5-3-4-10(14)8-11/h3-5,8H,2,6-7,9H2,1H3,(H,15,17)(H,18,19). The number of carboxylic acid groups (broad SMARTS) is 1. The summed E-state index contributed by atoms with van der Waals surface area (Å²) in [6, 6.07) is 6.88. The van der Waals surface area contributed by atoms with Gasteiger partial charge in [0.2, 0.25) is 5.91 Å². The number of halogens is 1. The van der Waals surface area contributed by atoms with Gasteiger partial charge in [-0.2, -0.15) is 0 Å². The number of carboxylic acids is 1. The van der Waals surface area contributed by atoms with E-state index < -0.39 is 5.97 Å². The fourth-order valence-corrected chi connectivity index (χ4v) is 1.76. The van der Waals surface area contributed by atoms with E-state index in [4.69, 9.17) is 16.7 Å². The van der Waals surface area contributed by atoms with Crippen molar-refractivity contribution >= 4 is 29.2 Å². The van der Waals surface area contributed by atoms with Crippen LogP contribution < -0.4 is 5.32 Å². The highest BCUT2D eigenvalue weighted by Gasteiger charge is 2.10. The summed E-state index contributed by atoms with van der Waals surface area (Å²) in [6.07, 6.45) is 0.0261. The average molecular weight is 285 g/mol. The van der Waals surface area contributed by atoms with Crippen molar-refractivity contribution in [2.24, 2.45) is 0 Å². The van der Waals surface area contributed by atoms with Gasteiger partial charge < -0.3 is 10.4 Å². The van der Waals surface area contributed by atoms with E-state index in [1.165, 1.54) is 0 Å². The normalized spacial score (nSPS) is 10.5. The number of nitrogens with one attached hydrogen (secondary N) is 1. The SMILES string of the molecule is CCN(CCC(=O)O)CC(=O)Nc1cccc(Cl)c1. The van der Waals surface area contributed by atoms with E-state index >= 15 is 0 Å². The molecule has 0 saturated carbocycles. The molecule has 0 heterocycles. The second-order valence-corrected chi connectivity index (χ2v) is 4.51. The number of nitrogens with zero attached hydrogens (tertiary/aromatic N) is 1. The summed E-state index contributed by atoms with van der Waals surface area (Å²) in [6.45, 7) is 3.02. The van der Waals surface area contributed by atoms with Crippen LogP contribution in [0.1, 0.15) is 13.3 Å². The molecule has 0 saturated heterocycles. The Balaban J connectivity index is 2.46. The molecule has 0 radical (unpaired) electrons. The Morgan fingerprint density at radius 3 is 2.74 bits per heavy atom. The van der Waals surface area contributed by atoms with E-state index in [-0.39, 0.29) is 18.9 Å². The second-order valence-electron chi connectivity index (χ2n) is 4.07. The molecule has 5 nitrogen and oxygen atoms in total. The quantitative estimate of drug-likeness (QED) is 0.804. The number of carbonyl (C=O) groups is 2. The lowest BCUT2D eigenvalue weighted by atomic mass is 10.3. The highest BCUT2D eigenvalue weighted by atomic mass is 35.5. The number of hydrogen-bond donors (Lipinski definition) is 2. The molecule has 0 aliphatic rings. The number of hydrogen-bond acceptors (Lipinski definition) is 3. The van der Waals surface area contributed by atoms with Crippen LogP contribution in [0.2, 0.25) is 5.02 Å². The van der Waals surface area contributed by atoms with Gasteiger partial charge in [0, 0.05) is 17.3 Å².